The van der Waals surface area contributed by atoms with Gasteiger partial charge in [-0.15, -0.1) is 11.8 Å². The SMILES string of the molecule is O=C(CSc1ccccc1F)N1CC[NH+]([C@@H]2CCS(=O)(=O)C2)CC1. The molecule has 1 N–H and O–H groups in total. The lowest BCUT2D eigenvalue weighted by Gasteiger charge is -2.35. The molecule has 1 atom stereocenters. The summed E-state index contributed by atoms with van der Waals surface area (Å²) in [6.45, 7) is 2.86. The largest absolute Gasteiger partial charge is 0.331 e. The van der Waals surface area contributed by atoms with Crippen LogP contribution in [0.5, 0.6) is 0 Å². The van der Waals surface area contributed by atoms with Crippen molar-refractivity contribution in [3.63, 3.8) is 0 Å². The van der Waals surface area contributed by atoms with Gasteiger partial charge in [-0.05, 0) is 12.1 Å². The summed E-state index contributed by atoms with van der Waals surface area (Å²) >= 11 is 1.22. The van der Waals surface area contributed by atoms with Crippen molar-refractivity contribution in [1.29, 1.82) is 0 Å². The molecule has 0 bridgehead atoms. The van der Waals surface area contributed by atoms with Gasteiger partial charge in [0.2, 0.25) is 5.91 Å². The van der Waals surface area contributed by atoms with E-state index in [4.69, 9.17) is 0 Å². The molecule has 2 aliphatic heterocycles. The molecule has 2 aliphatic rings. The highest BCUT2D eigenvalue weighted by molar-refractivity contribution is 8.00. The Labute approximate surface area is 146 Å². The maximum Gasteiger partial charge on any atom is 0.233 e. The first kappa shape index (κ1) is 17.7. The average Bonchev–Trinajstić information content (AvgIpc) is 2.94. The van der Waals surface area contributed by atoms with Gasteiger partial charge in [-0.2, -0.15) is 0 Å². The fourth-order valence-electron chi connectivity index (χ4n) is 3.36. The summed E-state index contributed by atoms with van der Waals surface area (Å²) in [5.74, 6) is 0.518. The van der Waals surface area contributed by atoms with Crippen LogP contribution in [0.15, 0.2) is 29.2 Å². The third kappa shape index (κ3) is 4.29. The summed E-state index contributed by atoms with van der Waals surface area (Å²) < 4.78 is 36.8. The molecule has 0 unspecified atom stereocenters. The molecule has 24 heavy (non-hydrogen) atoms. The third-order valence-electron chi connectivity index (χ3n) is 4.76. The molecule has 3 rings (SSSR count). The van der Waals surface area contributed by atoms with Crippen molar-refractivity contribution in [2.45, 2.75) is 17.4 Å². The Hall–Kier alpha value is -1.12. The monoisotopic (exact) mass is 373 g/mol. The zero-order valence-corrected chi connectivity index (χ0v) is 15.0. The number of rotatable bonds is 4. The van der Waals surface area contributed by atoms with Crippen LogP contribution in [0, 0.1) is 5.82 Å². The fraction of sp³-hybridized carbons (Fsp3) is 0.562. The number of halogens is 1. The summed E-state index contributed by atoms with van der Waals surface area (Å²) in [6.07, 6.45) is 0.731. The lowest BCUT2D eigenvalue weighted by Crippen LogP contribution is -3.18. The first-order chi connectivity index (χ1) is 11.4. The third-order valence-corrected chi connectivity index (χ3v) is 7.56. The highest BCUT2D eigenvalue weighted by Gasteiger charge is 2.37. The van der Waals surface area contributed by atoms with E-state index in [1.54, 1.807) is 23.1 Å². The number of carbonyl (C=O) groups excluding carboxylic acids is 1. The van der Waals surface area contributed by atoms with E-state index in [1.807, 2.05) is 0 Å². The predicted molar refractivity (Wildman–Crippen MR) is 91.5 cm³/mol. The molecule has 2 saturated heterocycles. The molecule has 2 fully saturated rings. The topological polar surface area (TPSA) is 58.9 Å². The Bertz CT molecular complexity index is 703. The van der Waals surface area contributed by atoms with Gasteiger partial charge in [0.25, 0.3) is 0 Å². The van der Waals surface area contributed by atoms with Gasteiger partial charge >= 0.3 is 0 Å². The number of nitrogens with one attached hydrogen (secondary N) is 1. The molecule has 0 radical (unpaired) electrons. The van der Waals surface area contributed by atoms with Crippen LogP contribution in [0.3, 0.4) is 0 Å². The lowest BCUT2D eigenvalue weighted by atomic mass is 10.2. The zero-order chi connectivity index (χ0) is 17.2. The maximum atomic E-state index is 13.6. The van der Waals surface area contributed by atoms with Crippen LogP contribution in [-0.4, -0.2) is 68.7 Å². The summed E-state index contributed by atoms with van der Waals surface area (Å²) in [6, 6.07) is 6.64. The molecule has 0 spiro atoms. The van der Waals surface area contributed by atoms with Crippen LogP contribution in [0.25, 0.3) is 0 Å². The second-order valence-electron chi connectivity index (χ2n) is 6.36. The highest BCUT2D eigenvalue weighted by atomic mass is 32.2. The Morgan fingerprint density at radius 3 is 2.62 bits per heavy atom. The summed E-state index contributed by atoms with van der Waals surface area (Å²) in [5, 5.41) is 0. The van der Waals surface area contributed by atoms with E-state index in [9.17, 15) is 17.6 Å². The molecule has 0 aliphatic carbocycles. The minimum absolute atomic E-state index is 0.0151. The van der Waals surface area contributed by atoms with Crippen LogP contribution >= 0.6 is 11.8 Å². The smallest absolute Gasteiger partial charge is 0.233 e. The quantitative estimate of drug-likeness (QED) is 0.745. The molecular weight excluding hydrogens is 351 g/mol. The number of hydrogen-bond acceptors (Lipinski definition) is 4. The number of quaternary nitrogens is 1. The van der Waals surface area contributed by atoms with Gasteiger partial charge in [0.15, 0.2) is 9.84 Å². The number of sulfone groups is 1. The maximum absolute atomic E-state index is 13.6. The van der Waals surface area contributed by atoms with E-state index < -0.39 is 9.84 Å². The van der Waals surface area contributed by atoms with Crippen molar-refractivity contribution < 1.29 is 22.5 Å². The van der Waals surface area contributed by atoms with Crippen molar-refractivity contribution in [1.82, 2.24) is 4.90 Å². The summed E-state index contributed by atoms with van der Waals surface area (Å²) in [4.78, 5) is 15.9. The van der Waals surface area contributed by atoms with E-state index in [0.717, 1.165) is 19.5 Å². The van der Waals surface area contributed by atoms with Gasteiger partial charge in [-0.3, -0.25) is 4.79 Å². The van der Waals surface area contributed by atoms with E-state index >= 15 is 0 Å². The van der Waals surface area contributed by atoms with Crippen LogP contribution in [0.4, 0.5) is 4.39 Å². The number of benzene rings is 1. The lowest BCUT2D eigenvalue weighted by molar-refractivity contribution is -0.925. The molecule has 1 aromatic carbocycles. The van der Waals surface area contributed by atoms with Crippen molar-refractivity contribution in [3.05, 3.63) is 30.1 Å². The molecule has 0 aromatic heterocycles. The Kier molecular flexibility index (Phi) is 5.46. The number of nitrogens with zero attached hydrogens (tertiary/aromatic N) is 1. The van der Waals surface area contributed by atoms with Crippen molar-refractivity contribution in [3.8, 4) is 0 Å². The standard InChI is InChI=1S/C16H21FN2O3S2/c17-14-3-1-2-4-15(14)23-11-16(20)19-8-6-18(7-9-19)13-5-10-24(21,22)12-13/h1-4,13H,5-12H2/p+1/t13-/m1/s1. The first-order valence-corrected chi connectivity index (χ1v) is 11.0. The van der Waals surface area contributed by atoms with Crippen LogP contribution in [0.2, 0.25) is 0 Å². The number of piperazine rings is 1. The second-order valence-corrected chi connectivity index (χ2v) is 9.60. The Morgan fingerprint density at radius 1 is 1.29 bits per heavy atom. The summed E-state index contributed by atoms with van der Waals surface area (Å²) in [5.41, 5.74) is 0. The molecule has 0 saturated carbocycles. The molecule has 8 heteroatoms. The average molecular weight is 373 g/mol. The summed E-state index contributed by atoms with van der Waals surface area (Å²) in [7, 11) is -2.86. The van der Waals surface area contributed by atoms with E-state index in [0.29, 0.717) is 23.7 Å². The molecule has 132 valence electrons. The van der Waals surface area contributed by atoms with Gasteiger partial charge in [-0.1, -0.05) is 12.1 Å². The zero-order valence-electron chi connectivity index (χ0n) is 13.4. The Balaban J connectivity index is 1.46. The number of thioether (sulfide) groups is 1. The predicted octanol–water partition coefficient (Wildman–Crippen LogP) is -0.168. The molecule has 2 heterocycles. The molecule has 1 amide bonds. The van der Waals surface area contributed by atoms with Crippen LogP contribution in [0.1, 0.15) is 6.42 Å². The number of carbonyl (C=O) groups is 1. The van der Waals surface area contributed by atoms with Crippen molar-refractivity contribution >= 4 is 27.5 Å². The van der Waals surface area contributed by atoms with E-state index in [2.05, 4.69) is 0 Å². The minimum Gasteiger partial charge on any atom is -0.331 e. The minimum atomic E-state index is -2.86. The van der Waals surface area contributed by atoms with Gasteiger partial charge in [0.05, 0.1) is 37.7 Å². The van der Waals surface area contributed by atoms with E-state index in [-0.39, 0.29) is 29.3 Å². The van der Waals surface area contributed by atoms with Crippen LogP contribution in [-0.2, 0) is 14.6 Å². The Morgan fingerprint density at radius 2 is 2.00 bits per heavy atom. The number of amides is 1. The first-order valence-electron chi connectivity index (χ1n) is 8.15. The van der Waals surface area contributed by atoms with Crippen molar-refractivity contribution in [2.75, 3.05) is 43.4 Å². The van der Waals surface area contributed by atoms with Gasteiger partial charge < -0.3 is 9.80 Å². The van der Waals surface area contributed by atoms with Crippen molar-refractivity contribution in [2.24, 2.45) is 0 Å². The second kappa shape index (κ2) is 7.41. The van der Waals surface area contributed by atoms with Gasteiger partial charge in [0, 0.05) is 11.3 Å². The normalized spacial score (nSPS) is 24.2. The molecular formula is C16H22FN2O3S2+. The van der Waals surface area contributed by atoms with Gasteiger partial charge in [-0.25, -0.2) is 12.8 Å². The highest BCUT2D eigenvalue weighted by Crippen LogP contribution is 2.21. The molecule has 5 nitrogen and oxygen atoms in total. The fourth-order valence-corrected chi connectivity index (χ4v) is 6.03. The van der Waals surface area contributed by atoms with E-state index in [1.165, 1.54) is 22.7 Å². The van der Waals surface area contributed by atoms with Crippen LogP contribution < -0.4 is 4.90 Å². The van der Waals surface area contributed by atoms with Gasteiger partial charge in [0.1, 0.15) is 17.6 Å². The number of hydrogen-bond donors (Lipinski definition) is 1. The molecule has 1 aromatic rings.